The maximum Gasteiger partial charge on any atom is 0.314 e. The summed E-state index contributed by atoms with van der Waals surface area (Å²) in [5.74, 6) is -1.20. The summed E-state index contributed by atoms with van der Waals surface area (Å²) < 4.78 is 7.23. The molecule has 0 aliphatic carbocycles. The number of piperidine rings is 1. The number of fused-ring (bicyclic) bond motifs is 1. The molecule has 2 aromatic heterocycles. The molecule has 4 aromatic rings. The van der Waals surface area contributed by atoms with Crippen LogP contribution in [0.5, 0.6) is 0 Å². The number of nitrogens with one attached hydrogen (secondary N) is 5. The van der Waals surface area contributed by atoms with Gasteiger partial charge in [-0.3, -0.25) is 14.2 Å². The van der Waals surface area contributed by atoms with Crippen LogP contribution in [0.3, 0.4) is 0 Å². The molecule has 53 heavy (non-hydrogen) atoms. The average molecular weight is 729 g/mol. The highest BCUT2D eigenvalue weighted by atomic mass is 16.6. The molecule has 282 valence electrons. The lowest BCUT2D eigenvalue weighted by Crippen LogP contribution is -2.43. The van der Waals surface area contributed by atoms with E-state index in [4.69, 9.17) is 4.74 Å². The first kappa shape index (κ1) is 37.6. The molecule has 2 fully saturated rings. The Morgan fingerprint density at radius 1 is 0.849 bits per heavy atom. The summed E-state index contributed by atoms with van der Waals surface area (Å²) in [6, 6.07) is 19.7. The molecular weight excluding hydrogens is 680 g/mol. The summed E-state index contributed by atoms with van der Waals surface area (Å²) in [4.78, 5) is 54.4. The number of anilines is 1. The zero-order chi connectivity index (χ0) is 37.2. The van der Waals surface area contributed by atoms with Gasteiger partial charge in [0.05, 0.1) is 6.33 Å². The van der Waals surface area contributed by atoms with Crippen LogP contribution in [0.25, 0.3) is 11.2 Å². The van der Waals surface area contributed by atoms with Crippen LogP contribution < -0.4 is 26.6 Å². The first-order valence-corrected chi connectivity index (χ1v) is 18.2. The van der Waals surface area contributed by atoms with Gasteiger partial charge in [-0.2, -0.15) is 0 Å². The number of carbonyl (C=O) groups is 3. The Bertz CT molecular complexity index is 1780. The molecule has 6 rings (SSSR count). The number of nitrogens with zero attached hydrogens (tertiary/aromatic N) is 5. The fourth-order valence-corrected chi connectivity index (χ4v) is 6.71. The molecular formula is C37H48N10O6. The second-order valence-corrected chi connectivity index (χ2v) is 13.1. The van der Waals surface area contributed by atoms with Crippen molar-refractivity contribution in [3.05, 3.63) is 83.9 Å². The van der Waals surface area contributed by atoms with Crippen molar-refractivity contribution in [1.29, 1.82) is 0 Å². The van der Waals surface area contributed by atoms with Gasteiger partial charge in [-0.1, -0.05) is 67.1 Å². The van der Waals surface area contributed by atoms with Crippen molar-refractivity contribution < 1.29 is 29.3 Å². The number of hydrogen-bond donors (Lipinski definition) is 7. The van der Waals surface area contributed by atoms with Gasteiger partial charge in [0.15, 0.2) is 29.3 Å². The van der Waals surface area contributed by atoms with Crippen molar-refractivity contribution in [2.45, 2.75) is 56.6 Å². The van der Waals surface area contributed by atoms with E-state index in [1.165, 1.54) is 30.2 Å². The number of benzene rings is 2. The van der Waals surface area contributed by atoms with Crippen LogP contribution in [-0.4, -0.2) is 123 Å². The van der Waals surface area contributed by atoms with Gasteiger partial charge < -0.3 is 46.4 Å². The number of urea groups is 1. The molecule has 2 aliphatic rings. The van der Waals surface area contributed by atoms with E-state index in [9.17, 15) is 24.6 Å². The number of imidazole rings is 1. The lowest BCUT2D eigenvalue weighted by Gasteiger charge is -2.26. The quantitative estimate of drug-likeness (QED) is 0.0870. The number of rotatable bonds is 15. The number of likely N-dealkylation sites (N-methyl/N-ethyl adjacent to an activating group) is 1. The number of hydrogen-bond acceptors (Lipinski definition) is 11. The number of ether oxygens (including phenoxy) is 1. The molecule has 4 amide bonds. The Morgan fingerprint density at radius 2 is 1.51 bits per heavy atom. The van der Waals surface area contributed by atoms with E-state index in [-0.39, 0.29) is 47.8 Å². The number of aromatic nitrogens is 4. The van der Waals surface area contributed by atoms with E-state index in [1.807, 2.05) is 60.7 Å². The standard InChI is InChI=1S/C37H48N10O6/c1-2-38-34(50)30-28(48)29(49)36(53-30)47-23-43-27-31(42-22-26(24-12-6-3-7-13-24)25-14-8-4-9-15-25)44-32(45-33(27)47)35(51)39-16-17-40-37(52)41-18-21-46-19-10-5-11-20-46/h3-4,6-9,12-15,23,26,28-30,36,48-49H,2,5,10-11,16-22H2,1H3,(H,38,50)(H,39,51)(H2,40,41,52)(H,42,44,45)/t28-,29-,30?,36+/m0/s1. The van der Waals surface area contributed by atoms with Crippen molar-refractivity contribution in [3.63, 3.8) is 0 Å². The maximum atomic E-state index is 13.5. The fourth-order valence-electron chi connectivity index (χ4n) is 6.71. The third kappa shape index (κ3) is 9.26. The van der Waals surface area contributed by atoms with Gasteiger partial charge >= 0.3 is 6.03 Å². The highest BCUT2D eigenvalue weighted by Gasteiger charge is 2.47. The molecule has 0 bridgehead atoms. The number of likely N-dealkylation sites (tertiary alicyclic amines) is 1. The molecule has 0 spiro atoms. The van der Waals surface area contributed by atoms with E-state index in [0.29, 0.717) is 19.6 Å². The minimum absolute atomic E-state index is 0.0909. The van der Waals surface area contributed by atoms with Crippen LogP contribution in [0, 0.1) is 0 Å². The fraction of sp³-hybridized carbons (Fsp3) is 0.459. The average Bonchev–Trinajstić information content (AvgIpc) is 3.74. The van der Waals surface area contributed by atoms with Crippen molar-refractivity contribution >= 4 is 34.8 Å². The second kappa shape index (κ2) is 18.1. The molecule has 16 heteroatoms. The monoisotopic (exact) mass is 728 g/mol. The van der Waals surface area contributed by atoms with Gasteiger partial charge in [0.25, 0.3) is 11.8 Å². The van der Waals surface area contributed by atoms with Crippen LogP contribution in [0.4, 0.5) is 10.6 Å². The van der Waals surface area contributed by atoms with E-state index < -0.39 is 36.4 Å². The topological polar surface area (TPSA) is 208 Å². The van der Waals surface area contributed by atoms with Crippen LogP contribution in [0.1, 0.15) is 60.1 Å². The Labute approximate surface area is 307 Å². The van der Waals surface area contributed by atoms with Crippen LogP contribution in [0.2, 0.25) is 0 Å². The number of carbonyl (C=O) groups excluding carboxylic acids is 3. The van der Waals surface area contributed by atoms with Crippen molar-refractivity contribution in [2.24, 2.45) is 0 Å². The number of aliphatic hydroxyl groups excluding tert-OH is 2. The minimum Gasteiger partial charge on any atom is -0.387 e. The van der Waals surface area contributed by atoms with Crippen LogP contribution >= 0.6 is 0 Å². The predicted octanol–water partition coefficient (Wildman–Crippen LogP) is 1.34. The van der Waals surface area contributed by atoms with E-state index in [1.54, 1.807) is 6.92 Å². The Kier molecular flexibility index (Phi) is 12.8. The molecule has 2 aliphatic heterocycles. The molecule has 4 atom stereocenters. The SMILES string of the molecule is CCNC(=O)C1O[C@@H](n2cnc3c(NCC(c4ccccc4)c4ccccc4)nc(C(=O)NCCNC(=O)NCCN4CCCCC4)nc32)[C@@H](O)[C@@H]1O. The zero-order valence-electron chi connectivity index (χ0n) is 29.8. The lowest BCUT2D eigenvalue weighted by atomic mass is 9.91. The predicted molar refractivity (Wildman–Crippen MR) is 197 cm³/mol. The third-order valence-electron chi connectivity index (χ3n) is 9.48. The molecule has 7 N–H and O–H groups in total. The highest BCUT2D eigenvalue weighted by Crippen LogP contribution is 2.33. The Morgan fingerprint density at radius 3 is 2.19 bits per heavy atom. The molecule has 4 heterocycles. The second-order valence-electron chi connectivity index (χ2n) is 13.1. The summed E-state index contributed by atoms with van der Waals surface area (Å²) in [7, 11) is 0. The van der Waals surface area contributed by atoms with Gasteiger partial charge in [0.2, 0.25) is 5.82 Å². The molecule has 0 radical (unpaired) electrons. The molecule has 0 saturated carbocycles. The van der Waals surface area contributed by atoms with E-state index in [2.05, 4.69) is 46.4 Å². The highest BCUT2D eigenvalue weighted by molar-refractivity contribution is 5.94. The normalized spacial score (nSPS) is 20.3. The van der Waals surface area contributed by atoms with E-state index in [0.717, 1.165) is 30.8 Å². The molecule has 2 aromatic carbocycles. The smallest absolute Gasteiger partial charge is 0.314 e. The maximum absolute atomic E-state index is 13.5. The van der Waals surface area contributed by atoms with E-state index >= 15 is 0 Å². The van der Waals surface area contributed by atoms with Gasteiger partial charge in [-0.05, 0) is 44.0 Å². The van der Waals surface area contributed by atoms with Gasteiger partial charge in [0.1, 0.15) is 12.2 Å². The number of aliphatic hydroxyl groups is 2. The van der Waals surface area contributed by atoms with Crippen LogP contribution in [-0.2, 0) is 9.53 Å². The summed E-state index contributed by atoms with van der Waals surface area (Å²) >= 11 is 0. The number of amides is 4. The summed E-state index contributed by atoms with van der Waals surface area (Å²) in [6.45, 7) is 6.13. The summed E-state index contributed by atoms with van der Waals surface area (Å²) in [5.41, 5.74) is 2.56. The lowest BCUT2D eigenvalue weighted by molar-refractivity contribution is -0.137. The summed E-state index contributed by atoms with van der Waals surface area (Å²) in [5, 5.41) is 36.0. The first-order valence-electron chi connectivity index (χ1n) is 18.2. The van der Waals surface area contributed by atoms with Crippen molar-refractivity contribution in [2.75, 3.05) is 57.7 Å². The van der Waals surface area contributed by atoms with Gasteiger partial charge in [-0.25, -0.2) is 19.7 Å². The van der Waals surface area contributed by atoms with Gasteiger partial charge in [0, 0.05) is 45.2 Å². The zero-order valence-corrected chi connectivity index (χ0v) is 29.8. The third-order valence-corrected chi connectivity index (χ3v) is 9.48. The largest absolute Gasteiger partial charge is 0.387 e. The van der Waals surface area contributed by atoms with Crippen molar-refractivity contribution in [3.8, 4) is 0 Å². The Hall–Kier alpha value is -5.16. The first-order chi connectivity index (χ1) is 25.8. The molecule has 1 unspecified atom stereocenters. The van der Waals surface area contributed by atoms with Crippen LogP contribution in [0.15, 0.2) is 67.0 Å². The minimum atomic E-state index is -1.52. The Balaban J connectivity index is 1.20. The molecule has 2 saturated heterocycles. The van der Waals surface area contributed by atoms with Crippen molar-refractivity contribution in [1.82, 2.24) is 45.7 Å². The molecule has 16 nitrogen and oxygen atoms in total. The van der Waals surface area contributed by atoms with Gasteiger partial charge in [-0.15, -0.1) is 0 Å². The summed E-state index contributed by atoms with van der Waals surface area (Å²) in [6.07, 6.45) is -0.598.